The van der Waals surface area contributed by atoms with E-state index in [1.165, 1.54) is 0 Å². The molecule has 0 saturated carbocycles. The first kappa shape index (κ1) is 16.4. The van der Waals surface area contributed by atoms with Crippen molar-refractivity contribution in [2.75, 3.05) is 6.54 Å². The van der Waals surface area contributed by atoms with Crippen molar-refractivity contribution in [3.8, 4) is 0 Å². The molecule has 0 aromatic rings. The Hall–Kier alpha value is -0.570. The fraction of sp³-hybridized carbons (Fsp3) is 0.929. The average molecular weight is 243 g/mol. The number of amides is 1. The summed E-state index contributed by atoms with van der Waals surface area (Å²) < 4.78 is 0. The van der Waals surface area contributed by atoms with E-state index in [1.807, 2.05) is 6.92 Å². The van der Waals surface area contributed by atoms with Crippen molar-refractivity contribution >= 4 is 5.91 Å². The predicted molar refractivity (Wildman–Crippen MR) is 71.8 cm³/mol. The normalized spacial score (nSPS) is 15.4. The van der Waals surface area contributed by atoms with Crippen molar-refractivity contribution in [3.63, 3.8) is 0 Å². The van der Waals surface area contributed by atoms with Crippen molar-refractivity contribution in [2.45, 2.75) is 66.4 Å². The maximum absolute atomic E-state index is 10.8. The minimum Gasteiger partial charge on any atom is -0.393 e. The molecule has 1 amide bonds. The molecule has 3 heteroatoms. The standard InChI is InChI=1S/C14H29NO2/c1-11(10-15-13(3)17)9-14(4,5)8-6-7-12(2)16/h11-12,16H,6-10H2,1-5H3,(H,15,17)/t11?,12-/m1/s1. The van der Waals surface area contributed by atoms with Crippen LogP contribution in [0.4, 0.5) is 0 Å². The Balaban J connectivity index is 3.85. The summed E-state index contributed by atoms with van der Waals surface area (Å²) in [6.45, 7) is 10.9. The third-order valence-corrected chi connectivity index (χ3v) is 3.08. The predicted octanol–water partition coefficient (Wildman–Crippen LogP) is 2.73. The fourth-order valence-electron chi connectivity index (χ4n) is 2.31. The summed E-state index contributed by atoms with van der Waals surface area (Å²) in [5.41, 5.74) is 0.284. The van der Waals surface area contributed by atoms with E-state index in [0.717, 1.165) is 32.2 Å². The Kier molecular flexibility index (Phi) is 7.44. The molecule has 0 saturated heterocycles. The molecule has 0 radical (unpaired) electrons. The van der Waals surface area contributed by atoms with Gasteiger partial charge in [-0.15, -0.1) is 0 Å². The number of hydrogen-bond acceptors (Lipinski definition) is 2. The van der Waals surface area contributed by atoms with Crippen LogP contribution in [0, 0.1) is 11.3 Å². The lowest BCUT2D eigenvalue weighted by atomic mass is 9.79. The molecule has 0 aliphatic rings. The number of aliphatic hydroxyl groups excluding tert-OH is 1. The molecular weight excluding hydrogens is 214 g/mol. The van der Waals surface area contributed by atoms with Crippen LogP contribution in [-0.4, -0.2) is 23.7 Å². The quantitative estimate of drug-likeness (QED) is 0.688. The minimum absolute atomic E-state index is 0.0451. The summed E-state index contributed by atoms with van der Waals surface area (Å²) in [7, 11) is 0. The van der Waals surface area contributed by atoms with E-state index >= 15 is 0 Å². The summed E-state index contributed by atoms with van der Waals surface area (Å²) in [6, 6.07) is 0. The van der Waals surface area contributed by atoms with Crippen LogP contribution < -0.4 is 5.32 Å². The van der Waals surface area contributed by atoms with Gasteiger partial charge in [0.15, 0.2) is 0 Å². The molecule has 1 unspecified atom stereocenters. The summed E-state index contributed by atoms with van der Waals surface area (Å²) in [5, 5.41) is 12.1. The molecule has 0 rings (SSSR count). The highest BCUT2D eigenvalue weighted by molar-refractivity contribution is 5.72. The zero-order chi connectivity index (χ0) is 13.5. The zero-order valence-corrected chi connectivity index (χ0v) is 12.0. The Morgan fingerprint density at radius 3 is 2.41 bits per heavy atom. The van der Waals surface area contributed by atoms with Gasteiger partial charge < -0.3 is 10.4 Å². The molecule has 102 valence electrons. The van der Waals surface area contributed by atoms with E-state index in [0.29, 0.717) is 5.92 Å². The van der Waals surface area contributed by atoms with Crippen LogP contribution >= 0.6 is 0 Å². The van der Waals surface area contributed by atoms with Crippen LogP contribution in [0.25, 0.3) is 0 Å². The highest BCUT2D eigenvalue weighted by atomic mass is 16.3. The third-order valence-electron chi connectivity index (χ3n) is 3.08. The summed E-state index contributed by atoms with van der Waals surface area (Å²) in [4.78, 5) is 10.8. The Morgan fingerprint density at radius 1 is 1.35 bits per heavy atom. The van der Waals surface area contributed by atoms with Gasteiger partial charge in [0.05, 0.1) is 6.10 Å². The second-order valence-corrected chi connectivity index (χ2v) is 6.15. The SMILES string of the molecule is CC(=O)NCC(C)CC(C)(C)CCC[C@@H](C)O. The van der Waals surface area contributed by atoms with E-state index in [1.54, 1.807) is 6.92 Å². The Bertz CT molecular complexity index is 224. The Morgan fingerprint density at radius 2 is 1.94 bits per heavy atom. The highest BCUT2D eigenvalue weighted by Gasteiger charge is 2.21. The van der Waals surface area contributed by atoms with Crippen molar-refractivity contribution in [1.29, 1.82) is 0 Å². The summed E-state index contributed by atoms with van der Waals surface area (Å²) >= 11 is 0. The fourth-order valence-corrected chi connectivity index (χ4v) is 2.31. The maximum Gasteiger partial charge on any atom is 0.216 e. The van der Waals surface area contributed by atoms with Crippen LogP contribution in [0.3, 0.4) is 0 Å². The topological polar surface area (TPSA) is 49.3 Å². The van der Waals surface area contributed by atoms with E-state index in [4.69, 9.17) is 0 Å². The van der Waals surface area contributed by atoms with Gasteiger partial charge in [-0.1, -0.05) is 27.2 Å². The molecule has 0 aromatic heterocycles. The van der Waals surface area contributed by atoms with Crippen LogP contribution in [0.1, 0.15) is 60.3 Å². The molecule has 0 spiro atoms. The monoisotopic (exact) mass is 243 g/mol. The molecule has 0 aromatic carbocycles. The Labute approximate surface area is 106 Å². The molecular formula is C14H29NO2. The van der Waals surface area contributed by atoms with E-state index in [-0.39, 0.29) is 17.4 Å². The highest BCUT2D eigenvalue weighted by Crippen LogP contribution is 2.31. The number of aliphatic hydroxyl groups is 1. The van der Waals surface area contributed by atoms with Crippen LogP contribution in [-0.2, 0) is 4.79 Å². The lowest BCUT2D eigenvalue weighted by Crippen LogP contribution is -2.28. The van der Waals surface area contributed by atoms with Crippen molar-refractivity contribution < 1.29 is 9.90 Å². The summed E-state index contributed by atoms with van der Waals surface area (Å²) in [6.07, 6.45) is 3.98. The van der Waals surface area contributed by atoms with Gasteiger partial charge in [0.2, 0.25) is 5.91 Å². The first-order valence-electron chi connectivity index (χ1n) is 6.65. The molecule has 0 fully saturated rings. The van der Waals surface area contributed by atoms with Gasteiger partial charge in [-0.2, -0.15) is 0 Å². The van der Waals surface area contributed by atoms with E-state index in [9.17, 15) is 9.90 Å². The van der Waals surface area contributed by atoms with Crippen molar-refractivity contribution in [1.82, 2.24) is 5.32 Å². The second kappa shape index (κ2) is 7.70. The van der Waals surface area contributed by atoms with Gasteiger partial charge in [-0.3, -0.25) is 4.79 Å². The van der Waals surface area contributed by atoms with Crippen LogP contribution in [0.5, 0.6) is 0 Å². The first-order valence-corrected chi connectivity index (χ1v) is 6.65. The van der Waals surface area contributed by atoms with Gasteiger partial charge in [0, 0.05) is 13.5 Å². The molecule has 0 bridgehead atoms. The molecule has 17 heavy (non-hydrogen) atoms. The largest absolute Gasteiger partial charge is 0.393 e. The van der Waals surface area contributed by atoms with Gasteiger partial charge in [0.25, 0.3) is 0 Å². The second-order valence-electron chi connectivity index (χ2n) is 6.15. The van der Waals surface area contributed by atoms with Crippen molar-refractivity contribution in [2.24, 2.45) is 11.3 Å². The maximum atomic E-state index is 10.8. The van der Waals surface area contributed by atoms with Gasteiger partial charge >= 0.3 is 0 Å². The minimum atomic E-state index is -0.192. The van der Waals surface area contributed by atoms with Gasteiger partial charge in [0.1, 0.15) is 0 Å². The van der Waals surface area contributed by atoms with Gasteiger partial charge in [-0.05, 0) is 37.5 Å². The number of carbonyl (C=O) groups excluding carboxylic acids is 1. The lowest BCUT2D eigenvalue weighted by molar-refractivity contribution is -0.119. The zero-order valence-electron chi connectivity index (χ0n) is 12.0. The number of hydrogen-bond donors (Lipinski definition) is 2. The third kappa shape index (κ3) is 10.3. The molecule has 2 atom stereocenters. The molecule has 2 N–H and O–H groups in total. The number of rotatable bonds is 8. The smallest absolute Gasteiger partial charge is 0.216 e. The molecule has 3 nitrogen and oxygen atoms in total. The molecule has 0 heterocycles. The van der Waals surface area contributed by atoms with Crippen LogP contribution in [0.15, 0.2) is 0 Å². The molecule has 0 aliphatic heterocycles. The van der Waals surface area contributed by atoms with Gasteiger partial charge in [-0.25, -0.2) is 0 Å². The number of nitrogens with one attached hydrogen (secondary N) is 1. The van der Waals surface area contributed by atoms with E-state index < -0.39 is 0 Å². The van der Waals surface area contributed by atoms with Crippen LogP contribution in [0.2, 0.25) is 0 Å². The van der Waals surface area contributed by atoms with Crippen molar-refractivity contribution in [3.05, 3.63) is 0 Å². The lowest BCUT2D eigenvalue weighted by Gasteiger charge is -2.28. The summed E-state index contributed by atoms with van der Waals surface area (Å²) in [5.74, 6) is 0.546. The average Bonchev–Trinajstić information content (AvgIpc) is 2.12. The first-order chi connectivity index (χ1) is 7.73. The molecule has 0 aliphatic carbocycles. The van der Waals surface area contributed by atoms with E-state index in [2.05, 4.69) is 26.1 Å². The number of carbonyl (C=O) groups is 1.